The third kappa shape index (κ3) is 4.24. The fourth-order valence-electron chi connectivity index (χ4n) is 3.17. The summed E-state index contributed by atoms with van der Waals surface area (Å²) < 4.78 is 45.1. The van der Waals surface area contributed by atoms with Crippen molar-refractivity contribution in [2.24, 2.45) is 5.92 Å². The maximum absolute atomic E-state index is 13.8. The zero-order valence-electron chi connectivity index (χ0n) is 14.2. The minimum atomic E-state index is -3.18. The normalized spacial score (nSPS) is 19.2. The number of rotatable bonds is 6. The van der Waals surface area contributed by atoms with Crippen molar-refractivity contribution in [3.63, 3.8) is 0 Å². The van der Waals surface area contributed by atoms with Gasteiger partial charge in [0.1, 0.15) is 5.82 Å². The number of halogens is 1. The van der Waals surface area contributed by atoms with E-state index in [1.807, 2.05) is 6.92 Å². The van der Waals surface area contributed by atoms with Crippen molar-refractivity contribution in [2.45, 2.75) is 32.6 Å². The maximum atomic E-state index is 13.8. The number of hydrogen-bond donors (Lipinski definition) is 0. The van der Waals surface area contributed by atoms with Gasteiger partial charge in [0.05, 0.1) is 11.3 Å². The molecule has 6 nitrogen and oxygen atoms in total. The molecule has 1 aromatic heterocycles. The van der Waals surface area contributed by atoms with Crippen molar-refractivity contribution >= 4 is 10.0 Å². The van der Waals surface area contributed by atoms with Gasteiger partial charge in [-0.15, -0.1) is 0 Å². The molecule has 0 aliphatic carbocycles. The molecule has 1 aliphatic rings. The molecule has 2 heterocycles. The topological polar surface area (TPSA) is 76.3 Å². The van der Waals surface area contributed by atoms with Crippen molar-refractivity contribution in [1.29, 1.82) is 0 Å². The summed E-state index contributed by atoms with van der Waals surface area (Å²) in [6.07, 6.45) is 2.84. The van der Waals surface area contributed by atoms with Crippen LogP contribution in [0.25, 0.3) is 11.4 Å². The van der Waals surface area contributed by atoms with E-state index in [0.29, 0.717) is 37.4 Å². The van der Waals surface area contributed by atoms with E-state index < -0.39 is 15.8 Å². The monoisotopic (exact) mass is 367 g/mol. The molecule has 1 saturated heterocycles. The zero-order valence-corrected chi connectivity index (χ0v) is 15.0. The molecular formula is C17H22FN3O3S. The van der Waals surface area contributed by atoms with Crippen LogP contribution < -0.4 is 0 Å². The molecule has 1 aromatic carbocycles. The van der Waals surface area contributed by atoms with E-state index in [2.05, 4.69) is 10.1 Å². The summed E-state index contributed by atoms with van der Waals surface area (Å²) in [7, 11) is -3.18. The highest BCUT2D eigenvalue weighted by Crippen LogP contribution is 2.24. The first-order valence-corrected chi connectivity index (χ1v) is 10.2. The Morgan fingerprint density at radius 2 is 2.16 bits per heavy atom. The standard InChI is InChI=1S/C17H22FN3O3S/c1-2-10-25(22,23)21-9-5-6-13(12-21)11-16-19-17(20-24-16)14-7-3-4-8-15(14)18/h3-4,7-8,13H,2,5-6,9-12H2,1H3. The summed E-state index contributed by atoms with van der Waals surface area (Å²) in [5, 5.41) is 3.85. The summed E-state index contributed by atoms with van der Waals surface area (Å²) in [6.45, 7) is 2.91. The van der Waals surface area contributed by atoms with Crippen LogP contribution in [0.1, 0.15) is 32.1 Å². The first kappa shape index (κ1) is 18.0. The lowest BCUT2D eigenvalue weighted by molar-refractivity contribution is 0.247. The zero-order chi connectivity index (χ0) is 17.9. The van der Waals surface area contributed by atoms with Crippen LogP contribution in [0, 0.1) is 11.7 Å². The van der Waals surface area contributed by atoms with E-state index in [-0.39, 0.29) is 17.5 Å². The summed E-state index contributed by atoms with van der Waals surface area (Å²) in [5.74, 6) is 0.550. The fraction of sp³-hybridized carbons (Fsp3) is 0.529. The fourth-order valence-corrected chi connectivity index (χ4v) is 4.79. The van der Waals surface area contributed by atoms with Gasteiger partial charge in [-0.05, 0) is 37.3 Å². The van der Waals surface area contributed by atoms with E-state index in [4.69, 9.17) is 4.52 Å². The van der Waals surface area contributed by atoms with Gasteiger partial charge >= 0.3 is 0 Å². The summed E-state index contributed by atoms with van der Waals surface area (Å²) in [6, 6.07) is 6.27. The number of benzene rings is 1. The smallest absolute Gasteiger partial charge is 0.227 e. The van der Waals surface area contributed by atoms with Crippen molar-refractivity contribution < 1.29 is 17.3 Å². The molecule has 1 atom stereocenters. The molecule has 25 heavy (non-hydrogen) atoms. The van der Waals surface area contributed by atoms with Gasteiger partial charge in [0.15, 0.2) is 0 Å². The Labute approximate surface area is 147 Å². The first-order chi connectivity index (χ1) is 12.0. The second kappa shape index (κ2) is 7.61. The van der Waals surface area contributed by atoms with Crippen LogP contribution in [0.2, 0.25) is 0 Å². The molecule has 0 bridgehead atoms. The number of aromatic nitrogens is 2. The van der Waals surface area contributed by atoms with E-state index in [0.717, 1.165) is 12.8 Å². The highest BCUT2D eigenvalue weighted by Gasteiger charge is 2.29. The van der Waals surface area contributed by atoms with Gasteiger partial charge in [-0.1, -0.05) is 24.2 Å². The van der Waals surface area contributed by atoms with Crippen LogP contribution in [0.3, 0.4) is 0 Å². The third-order valence-corrected chi connectivity index (χ3v) is 6.43. The van der Waals surface area contributed by atoms with Crippen molar-refractivity contribution in [1.82, 2.24) is 14.4 Å². The molecule has 0 saturated carbocycles. The third-order valence-electron chi connectivity index (χ3n) is 4.38. The van der Waals surface area contributed by atoms with Crippen LogP contribution in [0.4, 0.5) is 4.39 Å². The van der Waals surface area contributed by atoms with Crippen LogP contribution in [0.5, 0.6) is 0 Å². The molecule has 0 N–H and O–H groups in total. The summed E-state index contributed by atoms with van der Waals surface area (Å²) >= 11 is 0. The van der Waals surface area contributed by atoms with Gasteiger partial charge < -0.3 is 4.52 Å². The molecule has 1 fully saturated rings. The minimum Gasteiger partial charge on any atom is -0.339 e. The molecular weight excluding hydrogens is 345 g/mol. The molecule has 136 valence electrons. The predicted molar refractivity (Wildman–Crippen MR) is 91.8 cm³/mol. The summed E-state index contributed by atoms with van der Waals surface area (Å²) in [4.78, 5) is 4.27. The molecule has 0 spiro atoms. The van der Waals surface area contributed by atoms with Gasteiger partial charge in [0.2, 0.25) is 21.7 Å². The largest absolute Gasteiger partial charge is 0.339 e. The van der Waals surface area contributed by atoms with Crippen molar-refractivity contribution in [3.05, 3.63) is 36.0 Å². The Kier molecular flexibility index (Phi) is 5.48. The second-order valence-corrected chi connectivity index (χ2v) is 8.47. The molecule has 0 radical (unpaired) electrons. The Morgan fingerprint density at radius 1 is 1.36 bits per heavy atom. The molecule has 8 heteroatoms. The van der Waals surface area contributed by atoms with Crippen LogP contribution in [-0.2, 0) is 16.4 Å². The lowest BCUT2D eigenvalue weighted by Crippen LogP contribution is -2.41. The molecule has 1 aliphatic heterocycles. The molecule has 1 unspecified atom stereocenters. The Bertz CT molecular complexity index is 822. The first-order valence-electron chi connectivity index (χ1n) is 8.55. The molecule has 3 rings (SSSR count). The van der Waals surface area contributed by atoms with Crippen LogP contribution in [0.15, 0.2) is 28.8 Å². The number of hydrogen-bond acceptors (Lipinski definition) is 5. The second-order valence-electron chi connectivity index (χ2n) is 6.38. The molecule has 2 aromatic rings. The van der Waals surface area contributed by atoms with Gasteiger partial charge in [0, 0.05) is 19.5 Å². The minimum absolute atomic E-state index is 0.134. The number of sulfonamides is 1. The van der Waals surface area contributed by atoms with Crippen LogP contribution >= 0.6 is 0 Å². The van der Waals surface area contributed by atoms with E-state index in [1.54, 1.807) is 22.5 Å². The lowest BCUT2D eigenvalue weighted by atomic mass is 9.96. The average molecular weight is 367 g/mol. The van der Waals surface area contributed by atoms with Gasteiger partial charge in [-0.25, -0.2) is 17.1 Å². The molecule has 0 amide bonds. The Balaban J connectivity index is 1.68. The van der Waals surface area contributed by atoms with E-state index in [1.165, 1.54) is 6.07 Å². The maximum Gasteiger partial charge on any atom is 0.227 e. The highest BCUT2D eigenvalue weighted by atomic mass is 32.2. The highest BCUT2D eigenvalue weighted by molar-refractivity contribution is 7.89. The summed E-state index contributed by atoms with van der Waals surface area (Å²) in [5.41, 5.74) is 0.299. The predicted octanol–water partition coefficient (Wildman–Crippen LogP) is 2.87. The van der Waals surface area contributed by atoms with Crippen molar-refractivity contribution in [2.75, 3.05) is 18.8 Å². The number of piperidine rings is 1. The van der Waals surface area contributed by atoms with E-state index >= 15 is 0 Å². The van der Waals surface area contributed by atoms with Gasteiger partial charge in [-0.2, -0.15) is 4.98 Å². The Hall–Kier alpha value is -1.80. The van der Waals surface area contributed by atoms with Crippen LogP contribution in [-0.4, -0.2) is 41.7 Å². The van der Waals surface area contributed by atoms with Gasteiger partial charge in [0.25, 0.3) is 0 Å². The SMILES string of the molecule is CCCS(=O)(=O)N1CCCC(Cc2nc(-c3ccccc3F)no2)C1. The Morgan fingerprint density at radius 3 is 2.92 bits per heavy atom. The van der Waals surface area contributed by atoms with E-state index in [9.17, 15) is 12.8 Å². The quantitative estimate of drug-likeness (QED) is 0.785. The average Bonchev–Trinajstić information content (AvgIpc) is 3.04. The number of nitrogens with zero attached hydrogens (tertiary/aromatic N) is 3. The van der Waals surface area contributed by atoms with Gasteiger partial charge in [-0.3, -0.25) is 0 Å². The lowest BCUT2D eigenvalue weighted by Gasteiger charge is -2.31. The van der Waals surface area contributed by atoms with Crippen molar-refractivity contribution in [3.8, 4) is 11.4 Å².